The highest BCUT2D eigenvalue weighted by atomic mass is 19.4. The highest BCUT2D eigenvalue weighted by molar-refractivity contribution is 5.90. The van der Waals surface area contributed by atoms with Gasteiger partial charge in [-0.05, 0) is 29.8 Å². The van der Waals surface area contributed by atoms with E-state index in [0.717, 1.165) is 6.07 Å². The van der Waals surface area contributed by atoms with Crippen LogP contribution in [0.1, 0.15) is 16.7 Å². The van der Waals surface area contributed by atoms with Crippen LogP contribution in [0.25, 0.3) is 22.4 Å². The van der Waals surface area contributed by atoms with Gasteiger partial charge in [-0.25, -0.2) is 9.67 Å². The maximum Gasteiger partial charge on any atom is 0.418 e. The molecule has 1 aromatic carbocycles. The lowest BCUT2D eigenvalue weighted by Crippen LogP contribution is -2.11. The van der Waals surface area contributed by atoms with E-state index in [1.54, 1.807) is 12.1 Å². The Bertz CT molecular complexity index is 1300. The topological polar surface area (TPSA) is 132 Å². The zero-order valence-corrected chi connectivity index (χ0v) is 15.2. The third-order valence-corrected chi connectivity index (χ3v) is 4.40. The molecule has 0 radical (unpaired) electrons. The van der Waals surface area contributed by atoms with E-state index in [-0.39, 0.29) is 18.2 Å². The standard InChI is InChI=1S/C19H13F3N8/c20-19(21,22)13-5-11(1-2-14(13)24)9-30-17-12(8-27-30)16(28-18(25)29-17)15-6-10(7-23)3-4-26-15/h1-6,8H,9,24H2,(H2,25,28,29). The third-order valence-electron chi connectivity index (χ3n) is 4.40. The van der Waals surface area contributed by atoms with E-state index in [4.69, 9.17) is 16.7 Å². The molecule has 11 heteroatoms. The number of pyridine rings is 1. The molecule has 0 aliphatic heterocycles. The maximum absolute atomic E-state index is 13.1. The number of anilines is 2. The minimum absolute atomic E-state index is 0.00835. The molecule has 0 saturated heterocycles. The molecular weight excluding hydrogens is 397 g/mol. The van der Waals surface area contributed by atoms with E-state index in [1.165, 1.54) is 29.2 Å². The Morgan fingerprint density at radius 2 is 1.90 bits per heavy atom. The molecule has 4 rings (SSSR count). The van der Waals surface area contributed by atoms with Crippen molar-refractivity contribution in [2.45, 2.75) is 12.7 Å². The highest BCUT2D eigenvalue weighted by Crippen LogP contribution is 2.34. The monoisotopic (exact) mass is 410 g/mol. The van der Waals surface area contributed by atoms with Crippen LogP contribution in [0.5, 0.6) is 0 Å². The minimum Gasteiger partial charge on any atom is -0.398 e. The van der Waals surface area contributed by atoms with Gasteiger partial charge in [-0.2, -0.15) is 28.5 Å². The number of alkyl halides is 3. The van der Waals surface area contributed by atoms with Gasteiger partial charge in [0.2, 0.25) is 5.95 Å². The molecule has 0 unspecified atom stereocenters. The zero-order chi connectivity index (χ0) is 21.5. The van der Waals surface area contributed by atoms with Crippen molar-refractivity contribution in [2.75, 3.05) is 11.5 Å². The summed E-state index contributed by atoms with van der Waals surface area (Å²) in [7, 11) is 0. The molecule has 0 aliphatic rings. The van der Waals surface area contributed by atoms with Gasteiger partial charge in [0.25, 0.3) is 0 Å². The van der Waals surface area contributed by atoms with E-state index in [1.807, 2.05) is 6.07 Å². The van der Waals surface area contributed by atoms with E-state index in [9.17, 15) is 13.2 Å². The van der Waals surface area contributed by atoms with Gasteiger partial charge in [0, 0.05) is 11.9 Å². The number of hydrogen-bond acceptors (Lipinski definition) is 7. The van der Waals surface area contributed by atoms with E-state index in [2.05, 4.69) is 20.1 Å². The Balaban J connectivity index is 1.80. The SMILES string of the molecule is N#Cc1ccnc(-c2nc(N)nc3c2cnn3Cc2ccc(N)c(C(F)(F)F)c2)c1. The summed E-state index contributed by atoms with van der Waals surface area (Å²) in [5, 5.41) is 13.8. The van der Waals surface area contributed by atoms with Crippen molar-refractivity contribution in [1.82, 2.24) is 24.7 Å². The fourth-order valence-corrected chi connectivity index (χ4v) is 3.03. The number of aromatic nitrogens is 5. The summed E-state index contributed by atoms with van der Waals surface area (Å²) in [5.74, 6) is -0.0586. The molecular formula is C19H13F3N8. The maximum atomic E-state index is 13.1. The van der Waals surface area contributed by atoms with Gasteiger partial charge in [-0.15, -0.1) is 0 Å². The Morgan fingerprint density at radius 1 is 1.10 bits per heavy atom. The quantitative estimate of drug-likeness (QED) is 0.496. The van der Waals surface area contributed by atoms with Crippen molar-refractivity contribution < 1.29 is 13.2 Å². The highest BCUT2D eigenvalue weighted by Gasteiger charge is 2.33. The first-order chi connectivity index (χ1) is 14.3. The van der Waals surface area contributed by atoms with Crippen LogP contribution in [-0.4, -0.2) is 24.7 Å². The molecule has 150 valence electrons. The van der Waals surface area contributed by atoms with Crippen LogP contribution < -0.4 is 11.5 Å². The van der Waals surface area contributed by atoms with E-state index >= 15 is 0 Å². The van der Waals surface area contributed by atoms with E-state index in [0.29, 0.717) is 33.5 Å². The normalized spacial score (nSPS) is 11.5. The fourth-order valence-electron chi connectivity index (χ4n) is 3.03. The van der Waals surface area contributed by atoms with Crippen LogP contribution in [0.15, 0.2) is 42.7 Å². The predicted molar refractivity (Wildman–Crippen MR) is 103 cm³/mol. The van der Waals surface area contributed by atoms with Gasteiger partial charge in [-0.3, -0.25) is 4.98 Å². The van der Waals surface area contributed by atoms with Gasteiger partial charge < -0.3 is 11.5 Å². The molecule has 4 aromatic rings. The molecule has 0 amide bonds. The molecule has 0 spiro atoms. The first-order valence-corrected chi connectivity index (χ1v) is 8.57. The van der Waals surface area contributed by atoms with Gasteiger partial charge >= 0.3 is 6.18 Å². The summed E-state index contributed by atoms with van der Waals surface area (Å²) in [4.78, 5) is 12.6. The number of nitrogens with two attached hydrogens (primary N) is 2. The van der Waals surface area contributed by atoms with Crippen molar-refractivity contribution >= 4 is 22.7 Å². The summed E-state index contributed by atoms with van der Waals surface area (Å²) in [5.41, 5.74) is 11.8. The molecule has 0 fully saturated rings. The number of halogens is 3. The number of hydrogen-bond donors (Lipinski definition) is 2. The average molecular weight is 410 g/mol. The number of nitriles is 1. The molecule has 0 aliphatic carbocycles. The third kappa shape index (κ3) is 3.46. The summed E-state index contributed by atoms with van der Waals surface area (Å²) >= 11 is 0. The van der Waals surface area contributed by atoms with Crippen LogP contribution in [0.2, 0.25) is 0 Å². The van der Waals surface area contributed by atoms with Gasteiger partial charge in [0.1, 0.15) is 5.69 Å². The van der Waals surface area contributed by atoms with Gasteiger partial charge in [0.15, 0.2) is 5.65 Å². The largest absolute Gasteiger partial charge is 0.418 e. The minimum atomic E-state index is -4.57. The van der Waals surface area contributed by atoms with Crippen molar-refractivity contribution in [3.8, 4) is 17.5 Å². The van der Waals surface area contributed by atoms with Crippen molar-refractivity contribution in [3.63, 3.8) is 0 Å². The first-order valence-electron chi connectivity index (χ1n) is 8.57. The molecule has 8 nitrogen and oxygen atoms in total. The number of nitrogen functional groups attached to an aromatic ring is 2. The van der Waals surface area contributed by atoms with Gasteiger partial charge in [0.05, 0.1) is 41.0 Å². The van der Waals surface area contributed by atoms with Crippen molar-refractivity contribution in [3.05, 3.63) is 59.4 Å². The van der Waals surface area contributed by atoms with Crippen molar-refractivity contribution in [1.29, 1.82) is 5.26 Å². The molecule has 4 N–H and O–H groups in total. The molecule has 0 saturated carbocycles. The van der Waals surface area contributed by atoms with Crippen LogP contribution in [0.3, 0.4) is 0 Å². The number of nitrogens with zero attached hydrogens (tertiary/aromatic N) is 6. The number of rotatable bonds is 3. The predicted octanol–water partition coefficient (Wildman–Crippen LogP) is 2.99. The van der Waals surface area contributed by atoms with Gasteiger partial charge in [-0.1, -0.05) is 6.07 Å². The fraction of sp³-hybridized carbons (Fsp3) is 0.105. The summed E-state index contributed by atoms with van der Waals surface area (Å²) in [6.45, 7) is 0.00835. The molecule has 30 heavy (non-hydrogen) atoms. The lowest BCUT2D eigenvalue weighted by Gasteiger charge is -2.12. The Hall–Kier alpha value is -4.20. The summed E-state index contributed by atoms with van der Waals surface area (Å²) < 4.78 is 40.9. The number of benzene rings is 1. The lowest BCUT2D eigenvalue weighted by atomic mass is 10.1. The summed E-state index contributed by atoms with van der Waals surface area (Å²) in [6, 6.07) is 8.79. The Kier molecular flexibility index (Phi) is 4.46. The zero-order valence-electron chi connectivity index (χ0n) is 15.2. The first kappa shape index (κ1) is 19.1. The number of fused-ring (bicyclic) bond motifs is 1. The molecule has 0 bridgehead atoms. The molecule has 3 heterocycles. The van der Waals surface area contributed by atoms with Crippen molar-refractivity contribution in [2.24, 2.45) is 0 Å². The molecule has 0 atom stereocenters. The molecule has 3 aromatic heterocycles. The van der Waals surface area contributed by atoms with Crippen LogP contribution >= 0.6 is 0 Å². The summed E-state index contributed by atoms with van der Waals surface area (Å²) in [6.07, 6.45) is -1.62. The van der Waals surface area contributed by atoms with E-state index < -0.39 is 11.7 Å². The van der Waals surface area contributed by atoms with Crippen LogP contribution in [0, 0.1) is 11.3 Å². The van der Waals surface area contributed by atoms with Crippen LogP contribution in [-0.2, 0) is 12.7 Å². The lowest BCUT2D eigenvalue weighted by molar-refractivity contribution is -0.136. The second-order valence-corrected chi connectivity index (χ2v) is 6.43. The smallest absolute Gasteiger partial charge is 0.398 e. The van der Waals surface area contributed by atoms with Crippen LogP contribution in [0.4, 0.5) is 24.8 Å². The average Bonchev–Trinajstić information content (AvgIpc) is 3.10. The second kappa shape index (κ2) is 7.00. The Morgan fingerprint density at radius 3 is 2.63 bits per heavy atom. The Labute approximate surface area is 167 Å². The second-order valence-electron chi connectivity index (χ2n) is 6.43.